The van der Waals surface area contributed by atoms with Gasteiger partial charge in [0.25, 0.3) is 0 Å². The summed E-state index contributed by atoms with van der Waals surface area (Å²) in [5, 5.41) is 22.8. The molecule has 3 rings (SSSR count). The molecule has 2 heterocycles. The number of aromatic nitrogens is 5. The first-order valence-electron chi connectivity index (χ1n) is 6.49. The highest BCUT2D eigenvalue weighted by atomic mass is 35.5. The van der Waals surface area contributed by atoms with Crippen LogP contribution in [-0.4, -0.2) is 29.7 Å². The number of hydrogen-bond donors (Lipinski definition) is 0. The van der Waals surface area contributed by atoms with Gasteiger partial charge >= 0.3 is 5.69 Å². The van der Waals surface area contributed by atoms with E-state index in [1.54, 1.807) is 13.1 Å². The fourth-order valence-corrected chi connectivity index (χ4v) is 2.23. The molecule has 2 aromatic heterocycles. The van der Waals surface area contributed by atoms with E-state index in [0.717, 1.165) is 0 Å². The fourth-order valence-electron chi connectivity index (χ4n) is 2.06. The molecule has 0 N–H and O–H groups in total. The van der Waals surface area contributed by atoms with Crippen molar-refractivity contribution < 1.29 is 9.31 Å². The smallest absolute Gasteiger partial charge is 0.259 e. The summed E-state index contributed by atoms with van der Waals surface area (Å²) in [6.45, 7) is 1.79. The number of halogens is 2. The molecule has 0 aliphatic rings. The summed E-state index contributed by atoms with van der Waals surface area (Å²) in [7, 11) is 0. The molecule has 3 aromatic rings. The zero-order valence-corrected chi connectivity index (χ0v) is 12.6. The van der Waals surface area contributed by atoms with Crippen molar-refractivity contribution in [1.82, 2.24) is 24.8 Å². The van der Waals surface area contributed by atoms with Crippen LogP contribution in [0, 0.1) is 22.9 Å². The van der Waals surface area contributed by atoms with Gasteiger partial charge in [-0.3, -0.25) is 14.8 Å². The van der Waals surface area contributed by atoms with Crippen molar-refractivity contribution in [2.45, 2.75) is 13.5 Å². The SMILES string of the molecule is Cc1nn(Cc2cn(-c3ccc(F)c(Cl)c3)nn2)cc1[N+](=O)[O-]. The second-order valence-corrected chi connectivity index (χ2v) is 5.21. The number of rotatable bonds is 4. The minimum Gasteiger partial charge on any atom is -0.259 e. The van der Waals surface area contributed by atoms with Crippen LogP contribution >= 0.6 is 11.6 Å². The lowest BCUT2D eigenvalue weighted by atomic mass is 10.3. The molecule has 0 aliphatic heterocycles. The normalized spacial score (nSPS) is 10.9. The Morgan fingerprint density at radius 2 is 2.17 bits per heavy atom. The molecule has 0 fully saturated rings. The third-order valence-electron chi connectivity index (χ3n) is 3.15. The lowest BCUT2D eigenvalue weighted by Crippen LogP contribution is -2.00. The van der Waals surface area contributed by atoms with Gasteiger partial charge in [-0.25, -0.2) is 9.07 Å². The lowest BCUT2D eigenvalue weighted by Gasteiger charge is -2.01. The monoisotopic (exact) mass is 336 g/mol. The highest BCUT2D eigenvalue weighted by Crippen LogP contribution is 2.19. The molecule has 0 atom stereocenters. The molecule has 118 valence electrons. The summed E-state index contributed by atoms with van der Waals surface area (Å²) < 4.78 is 16.0. The van der Waals surface area contributed by atoms with Crippen LogP contribution in [0.25, 0.3) is 5.69 Å². The first-order valence-corrected chi connectivity index (χ1v) is 6.87. The lowest BCUT2D eigenvalue weighted by molar-refractivity contribution is -0.385. The van der Waals surface area contributed by atoms with Gasteiger partial charge in [-0.1, -0.05) is 16.8 Å². The molecule has 0 saturated heterocycles. The van der Waals surface area contributed by atoms with Gasteiger partial charge in [0.15, 0.2) is 0 Å². The Morgan fingerprint density at radius 3 is 2.83 bits per heavy atom. The summed E-state index contributed by atoms with van der Waals surface area (Å²) in [4.78, 5) is 10.3. The van der Waals surface area contributed by atoms with Crippen molar-refractivity contribution >= 4 is 17.3 Å². The van der Waals surface area contributed by atoms with E-state index >= 15 is 0 Å². The van der Waals surface area contributed by atoms with Crippen molar-refractivity contribution in [1.29, 1.82) is 0 Å². The number of nitrogens with zero attached hydrogens (tertiary/aromatic N) is 6. The second-order valence-electron chi connectivity index (χ2n) is 4.81. The van der Waals surface area contributed by atoms with Crippen molar-refractivity contribution in [3.05, 3.63) is 62.9 Å². The molecule has 0 aliphatic carbocycles. The first kappa shape index (κ1) is 15.1. The fraction of sp³-hybridized carbons (Fsp3) is 0.154. The van der Waals surface area contributed by atoms with Crippen LogP contribution in [-0.2, 0) is 6.54 Å². The van der Waals surface area contributed by atoms with Gasteiger partial charge in [0.1, 0.15) is 23.4 Å². The van der Waals surface area contributed by atoms with Crippen LogP contribution in [0.5, 0.6) is 0 Å². The predicted octanol–water partition coefficient (Wildman–Crippen LogP) is 2.52. The van der Waals surface area contributed by atoms with Crippen LogP contribution in [0.4, 0.5) is 10.1 Å². The Balaban J connectivity index is 1.83. The van der Waals surface area contributed by atoms with Gasteiger partial charge in [0.05, 0.1) is 28.4 Å². The molecule has 0 unspecified atom stereocenters. The van der Waals surface area contributed by atoms with E-state index in [4.69, 9.17) is 11.6 Å². The Morgan fingerprint density at radius 1 is 1.39 bits per heavy atom. The minimum absolute atomic E-state index is 0.0159. The molecule has 10 heteroatoms. The average Bonchev–Trinajstić information content (AvgIpc) is 3.09. The molecule has 1 aromatic carbocycles. The highest BCUT2D eigenvalue weighted by molar-refractivity contribution is 6.30. The van der Waals surface area contributed by atoms with Crippen molar-refractivity contribution in [3.63, 3.8) is 0 Å². The van der Waals surface area contributed by atoms with Crippen LogP contribution in [0.1, 0.15) is 11.4 Å². The van der Waals surface area contributed by atoms with Crippen LogP contribution in [0.2, 0.25) is 5.02 Å². The molecular formula is C13H10ClFN6O2. The van der Waals surface area contributed by atoms with E-state index < -0.39 is 10.7 Å². The molecule has 0 radical (unpaired) electrons. The largest absolute Gasteiger partial charge is 0.309 e. The number of benzene rings is 1. The van der Waals surface area contributed by atoms with Gasteiger partial charge in [0.2, 0.25) is 0 Å². The quantitative estimate of drug-likeness (QED) is 0.539. The zero-order chi connectivity index (χ0) is 16.6. The van der Waals surface area contributed by atoms with Crippen LogP contribution < -0.4 is 0 Å². The van der Waals surface area contributed by atoms with E-state index in [0.29, 0.717) is 17.1 Å². The van der Waals surface area contributed by atoms with E-state index in [1.165, 1.54) is 33.8 Å². The molecular weight excluding hydrogens is 327 g/mol. The number of nitro groups is 1. The van der Waals surface area contributed by atoms with Crippen LogP contribution in [0.3, 0.4) is 0 Å². The van der Waals surface area contributed by atoms with Crippen LogP contribution in [0.15, 0.2) is 30.6 Å². The zero-order valence-electron chi connectivity index (χ0n) is 11.8. The summed E-state index contributed by atoms with van der Waals surface area (Å²) in [6, 6.07) is 4.18. The standard InChI is InChI=1S/C13H10ClFN6O2/c1-8-13(21(22)23)7-19(17-8)5-9-6-20(18-16-9)10-2-3-12(15)11(14)4-10/h2-4,6-7H,5H2,1H3. The molecule has 0 spiro atoms. The van der Waals surface area contributed by atoms with E-state index in [2.05, 4.69) is 15.4 Å². The van der Waals surface area contributed by atoms with Gasteiger partial charge in [-0.05, 0) is 25.1 Å². The van der Waals surface area contributed by atoms with E-state index in [1.807, 2.05) is 0 Å². The van der Waals surface area contributed by atoms with E-state index in [-0.39, 0.29) is 17.3 Å². The van der Waals surface area contributed by atoms with Crippen molar-refractivity contribution in [3.8, 4) is 5.69 Å². The van der Waals surface area contributed by atoms with Gasteiger partial charge < -0.3 is 0 Å². The Kier molecular flexibility index (Phi) is 3.78. The molecule has 0 amide bonds. The summed E-state index contributed by atoms with van der Waals surface area (Å²) in [5.41, 5.74) is 1.37. The maximum atomic E-state index is 13.2. The maximum absolute atomic E-state index is 13.2. The van der Waals surface area contributed by atoms with Gasteiger partial charge in [-0.2, -0.15) is 5.10 Å². The summed E-state index contributed by atoms with van der Waals surface area (Å²) >= 11 is 5.74. The van der Waals surface area contributed by atoms with E-state index in [9.17, 15) is 14.5 Å². The summed E-state index contributed by atoms with van der Waals surface area (Å²) in [5.74, 6) is -0.518. The third kappa shape index (κ3) is 3.04. The minimum atomic E-state index is -0.518. The predicted molar refractivity (Wildman–Crippen MR) is 79.0 cm³/mol. The van der Waals surface area contributed by atoms with Gasteiger partial charge in [0, 0.05) is 0 Å². The highest BCUT2D eigenvalue weighted by Gasteiger charge is 2.16. The third-order valence-corrected chi connectivity index (χ3v) is 3.44. The Labute approximate surface area is 134 Å². The number of aryl methyl sites for hydroxylation is 1. The second kappa shape index (κ2) is 5.76. The molecule has 0 saturated carbocycles. The Hall–Kier alpha value is -2.81. The van der Waals surface area contributed by atoms with Gasteiger partial charge in [-0.15, -0.1) is 5.10 Å². The Bertz CT molecular complexity index is 890. The maximum Gasteiger partial charge on any atom is 0.309 e. The van der Waals surface area contributed by atoms with Crippen molar-refractivity contribution in [2.24, 2.45) is 0 Å². The number of hydrogen-bond acceptors (Lipinski definition) is 5. The molecule has 0 bridgehead atoms. The topological polar surface area (TPSA) is 91.7 Å². The van der Waals surface area contributed by atoms with Crippen molar-refractivity contribution in [2.75, 3.05) is 0 Å². The first-order chi connectivity index (χ1) is 10.9. The summed E-state index contributed by atoms with van der Waals surface area (Å²) in [6.07, 6.45) is 2.95. The average molecular weight is 337 g/mol. The molecule has 23 heavy (non-hydrogen) atoms. The molecule has 8 nitrogen and oxygen atoms in total.